The fraction of sp³-hybridized carbons (Fsp3) is 0.500. The number of aromatic amines is 1. The second-order valence-corrected chi connectivity index (χ2v) is 5.13. The lowest BCUT2D eigenvalue weighted by Gasteiger charge is -2.26. The van der Waals surface area contributed by atoms with Crippen molar-refractivity contribution < 1.29 is 0 Å². The van der Waals surface area contributed by atoms with Crippen LogP contribution in [0.15, 0.2) is 24.7 Å². The highest BCUT2D eigenvalue weighted by Gasteiger charge is 2.22. The van der Waals surface area contributed by atoms with Gasteiger partial charge in [-0.05, 0) is 36.3 Å². The minimum absolute atomic E-state index is 0.738. The van der Waals surface area contributed by atoms with E-state index in [4.69, 9.17) is 0 Å². The fourth-order valence-electron chi connectivity index (χ4n) is 3.04. The van der Waals surface area contributed by atoms with Gasteiger partial charge in [0, 0.05) is 29.5 Å². The van der Waals surface area contributed by atoms with Crippen LogP contribution in [0, 0.1) is 5.92 Å². The van der Waals surface area contributed by atoms with Gasteiger partial charge in [0.15, 0.2) is 0 Å². The predicted molar refractivity (Wildman–Crippen MR) is 66.5 cm³/mol. The number of rotatable bonds is 1. The lowest BCUT2D eigenvalue weighted by molar-refractivity contribution is 0.345. The van der Waals surface area contributed by atoms with Crippen LogP contribution < -0.4 is 0 Å². The van der Waals surface area contributed by atoms with Gasteiger partial charge in [-0.15, -0.1) is 0 Å². The average molecular weight is 214 g/mol. The first-order chi connectivity index (χ1) is 7.84. The van der Waals surface area contributed by atoms with E-state index in [0.717, 1.165) is 11.8 Å². The highest BCUT2D eigenvalue weighted by atomic mass is 14.7. The third kappa shape index (κ3) is 1.62. The van der Waals surface area contributed by atoms with E-state index >= 15 is 0 Å². The molecular formula is C14H18N2. The summed E-state index contributed by atoms with van der Waals surface area (Å²) in [7, 11) is 0. The summed E-state index contributed by atoms with van der Waals surface area (Å²) in [6.45, 7) is 2.37. The fourth-order valence-corrected chi connectivity index (χ4v) is 3.04. The van der Waals surface area contributed by atoms with Crippen molar-refractivity contribution in [3.05, 3.63) is 30.2 Å². The highest BCUT2D eigenvalue weighted by Crippen LogP contribution is 2.38. The second-order valence-electron chi connectivity index (χ2n) is 5.13. The Balaban J connectivity index is 1.99. The maximum Gasteiger partial charge on any atom is 0.0487 e. The highest BCUT2D eigenvalue weighted by molar-refractivity contribution is 5.82. The van der Waals surface area contributed by atoms with Crippen molar-refractivity contribution in [2.45, 2.75) is 38.5 Å². The van der Waals surface area contributed by atoms with Crippen molar-refractivity contribution in [2.75, 3.05) is 0 Å². The van der Waals surface area contributed by atoms with Crippen LogP contribution in [-0.2, 0) is 0 Å². The van der Waals surface area contributed by atoms with Gasteiger partial charge in [0.25, 0.3) is 0 Å². The number of aromatic nitrogens is 2. The smallest absolute Gasteiger partial charge is 0.0487 e. The number of H-pyrrole nitrogens is 1. The molecule has 16 heavy (non-hydrogen) atoms. The molecule has 0 spiro atoms. The lowest BCUT2D eigenvalue weighted by atomic mass is 9.79. The van der Waals surface area contributed by atoms with Crippen molar-refractivity contribution in [2.24, 2.45) is 5.92 Å². The summed E-state index contributed by atoms with van der Waals surface area (Å²) in [5.41, 5.74) is 2.71. The van der Waals surface area contributed by atoms with Gasteiger partial charge in [0.05, 0.1) is 0 Å². The molecule has 1 aliphatic carbocycles. The summed E-state index contributed by atoms with van der Waals surface area (Å²) >= 11 is 0. The van der Waals surface area contributed by atoms with Gasteiger partial charge >= 0.3 is 0 Å². The van der Waals surface area contributed by atoms with Crippen LogP contribution in [0.5, 0.6) is 0 Å². The number of fused-ring (bicyclic) bond motifs is 1. The van der Waals surface area contributed by atoms with Gasteiger partial charge in [-0.1, -0.05) is 19.8 Å². The molecule has 0 radical (unpaired) electrons. The summed E-state index contributed by atoms with van der Waals surface area (Å²) in [5.74, 6) is 1.61. The molecule has 2 aromatic rings. The van der Waals surface area contributed by atoms with Crippen LogP contribution in [0.25, 0.3) is 10.9 Å². The summed E-state index contributed by atoms with van der Waals surface area (Å²) in [5, 5.41) is 1.32. The molecule has 1 N–H and O–H groups in total. The SMILES string of the molecule is C[C@@H]1CCCC(c2c[nH]c3ccncc23)C1. The van der Waals surface area contributed by atoms with E-state index in [1.807, 2.05) is 12.4 Å². The molecule has 1 saturated carbocycles. The molecular weight excluding hydrogens is 196 g/mol. The molecule has 2 heteroatoms. The Hall–Kier alpha value is -1.31. The van der Waals surface area contributed by atoms with Crippen LogP contribution in [0.3, 0.4) is 0 Å². The standard InChI is InChI=1S/C14H18N2/c1-10-3-2-4-11(7-10)12-9-16-14-5-6-15-8-13(12)14/h5-6,8-11,16H,2-4,7H2,1H3/t10-,11?/m1/s1. The average Bonchev–Trinajstić information content (AvgIpc) is 2.72. The summed E-state index contributed by atoms with van der Waals surface area (Å²) in [4.78, 5) is 7.60. The molecule has 0 aromatic carbocycles. The third-order valence-electron chi connectivity index (χ3n) is 3.89. The first kappa shape index (κ1) is 9.88. The van der Waals surface area contributed by atoms with Crippen LogP contribution in [-0.4, -0.2) is 9.97 Å². The summed E-state index contributed by atoms with van der Waals surface area (Å²) < 4.78 is 0. The molecule has 2 aromatic heterocycles. The zero-order chi connectivity index (χ0) is 11.0. The van der Waals surface area contributed by atoms with E-state index in [2.05, 4.69) is 29.2 Å². The Morgan fingerprint density at radius 2 is 2.31 bits per heavy atom. The second kappa shape index (κ2) is 3.93. The lowest BCUT2D eigenvalue weighted by Crippen LogP contribution is -2.11. The minimum atomic E-state index is 0.738. The van der Waals surface area contributed by atoms with Crippen molar-refractivity contribution in [3.8, 4) is 0 Å². The third-order valence-corrected chi connectivity index (χ3v) is 3.89. The summed E-state index contributed by atoms with van der Waals surface area (Å²) in [6, 6.07) is 2.06. The van der Waals surface area contributed by atoms with Crippen molar-refractivity contribution in [1.82, 2.24) is 9.97 Å². The van der Waals surface area contributed by atoms with E-state index in [9.17, 15) is 0 Å². The zero-order valence-electron chi connectivity index (χ0n) is 9.74. The predicted octanol–water partition coefficient (Wildman–Crippen LogP) is 3.86. The van der Waals surface area contributed by atoms with Crippen molar-refractivity contribution >= 4 is 10.9 Å². The van der Waals surface area contributed by atoms with Crippen molar-refractivity contribution in [3.63, 3.8) is 0 Å². The molecule has 84 valence electrons. The first-order valence-corrected chi connectivity index (χ1v) is 6.25. The number of hydrogen-bond acceptors (Lipinski definition) is 1. The Labute approximate surface area is 96.1 Å². The van der Waals surface area contributed by atoms with E-state index in [1.165, 1.54) is 42.1 Å². The van der Waals surface area contributed by atoms with Gasteiger partial charge < -0.3 is 4.98 Å². The molecule has 1 unspecified atom stereocenters. The molecule has 0 saturated heterocycles. The van der Waals surface area contributed by atoms with Crippen LogP contribution in [0.4, 0.5) is 0 Å². The van der Waals surface area contributed by atoms with Gasteiger partial charge in [-0.25, -0.2) is 0 Å². The number of pyridine rings is 1. The number of hydrogen-bond donors (Lipinski definition) is 1. The van der Waals surface area contributed by atoms with Gasteiger partial charge in [0.2, 0.25) is 0 Å². The number of nitrogens with one attached hydrogen (secondary N) is 1. The molecule has 0 aliphatic heterocycles. The van der Waals surface area contributed by atoms with Crippen LogP contribution in [0.1, 0.15) is 44.1 Å². The molecule has 0 bridgehead atoms. The van der Waals surface area contributed by atoms with E-state index in [1.54, 1.807) is 0 Å². The van der Waals surface area contributed by atoms with E-state index < -0.39 is 0 Å². The molecule has 2 heterocycles. The molecule has 1 fully saturated rings. The maximum atomic E-state index is 4.24. The molecule has 0 amide bonds. The van der Waals surface area contributed by atoms with Gasteiger partial charge in [0.1, 0.15) is 0 Å². The Morgan fingerprint density at radius 1 is 1.38 bits per heavy atom. The van der Waals surface area contributed by atoms with Crippen LogP contribution >= 0.6 is 0 Å². The van der Waals surface area contributed by atoms with Crippen LogP contribution in [0.2, 0.25) is 0 Å². The monoisotopic (exact) mass is 214 g/mol. The largest absolute Gasteiger partial charge is 0.361 e. The zero-order valence-corrected chi connectivity index (χ0v) is 9.74. The number of nitrogens with zero attached hydrogens (tertiary/aromatic N) is 1. The Kier molecular flexibility index (Phi) is 2.43. The normalized spacial score (nSPS) is 26.1. The van der Waals surface area contributed by atoms with E-state index in [-0.39, 0.29) is 0 Å². The molecule has 2 nitrogen and oxygen atoms in total. The topological polar surface area (TPSA) is 28.7 Å². The first-order valence-electron chi connectivity index (χ1n) is 6.25. The quantitative estimate of drug-likeness (QED) is 0.767. The minimum Gasteiger partial charge on any atom is -0.361 e. The Bertz CT molecular complexity index is 486. The molecule has 2 atom stereocenters. The van der Waals surface area contributed by atoms with Gasteiger partial charge in [-0.3, -0.25) is 4.98 Å². The molecule has 3 rings (SSSR count). The van der Waals surface area contributed by atoms with E-state index in [0.29, 0.717) is 0 Å². The van der Waals surface area contributed by atoms with Crippen molar-refractivity contribution in [1.29, 1.82) is 0 Å². The maximum absolute atomic E-state index is 4.24. The van der Waals surface area contributed by atoms with Gasteiger partial charge in [-0.2, -0.15) is 0 Å². The summed E-state index contributed by atoms with van der Waals surface area (Å²) in [6.07, 6.45) is 11.5. The Morgan fingerprint density at radius 3 is 3.19 bits per heavy atom. The molecule has 1 aliphatic rings.